The summed E-state index contributed by atoms with van der Waals surface area (Å²) in [7, 11) is 0. The van der Waals surface area contributed by atoms with Crippen LogP contribution in [0, 0.1) is 0 Å². The molecule has 1 aliphatic heterocycles. The van der Waals surface area contributed by atoms with Gasteiger partial charge < -0.3 is 20.8 Å². The highest BCUT2D eigenvalue weighted by Crippen LogP contribution is 2.36. The number of rotatable bonds is 4. The number of hydrogen-bond acceptors (Lipinski definition) is 3. The summed E-state index contributed by atoms with van der Waals surface area (Å²) in [5, 5.41) is 1.23. The maximum absolute atomic E-state index is 5.88. The summed E-state index contributed by atoms with van der Waals surface area (Å²) in [6.07, 6.45) is 4.33. The highest BCUT2D eigenvalue weighted by molar-refractivity contribution is 7.80. The molecule has 134 valence electrons. The van der Waals surface area contributed by atoms with Crippen molar-refractivity contribution in [1.29, 1.82) is 0 Å². The Kier molecular flexibility index (Phi) is 4.76. The molecule has 0 spiro atoms. The fourth-order valence-corrected chi connectivity index (χ4v) is 3.89. The molecule has 0 amide bonds. The van der Waals surface area contributed by atoms with Gasteiger partial charge >= 0.3 is 0 Å². The molecule has 5 heteroatoms. The van der Waals surface area contributed by atoms with E-state index in [0.29, 0.717) is 17.6 Å². The SMILES string of the molecule is NCc1ccc2c(-c3cccc(C(N)=S)c3)cn(C3CCOCC3)c2c1. The molecule has 2 aromatic carbocycles. The molecule has 1 saturated heterocycles. The van der Waals surface area contributed by atoms with Crippen LogP contribution >= 0.6 is 12.2 Å². The Morgan fingerprint density at radius 3 is 2.69 bits per heavy atom. The van der Waals surface area contributed by atoms with Crippen LogP contribution in [0.4, 0.5) is 0 Å². The second-order valence-corrected chi connectivity index (χ2v) is 7.23. The van der Waals surface area contributed by atoms with Gasteiger partial charge in [0, 0.05) is 54.0 Å². The molecule has 3 aromatic rings. The van der Waals surface area contributed by atoms with Crippen molar-refractivity contribution in [2.45, 2.75) is 25.4 Å². The molecular weight excluding hydrogens is 342 g/mol. The highest BCUT2D eigenvalue weighted by Gasteiger charge is 2.20. The summed E-state index contributed by atoms with van der Waals surface area (Å²) in [4.78, 5) is 0.422. The first-order valence-electron chi connectivity index (χ1n) is 8.99. The molecule has 0 bridgehead atoms. The number of hydrogen-bond donors (Lipinski definition) is 2. The predicted octanol–water partition coefficient (Wildman–Crippen LogP) is 3.75. The molecule has 0 radical (unpaired) electrons. The van der Waals surface area contributed by atoms with Crippen LogP contribution in [0.15, 0.2) is 48.7 Å². The van der Waals surface area contributed by atoms with Gasteiger partial charge in [0.15, 0.2) is 0 Å². The highest BCUT2D eigenvalue weighted by atomic mass is 32.1. The van der Waals surface area contributed by atoms with Gasteiger partial charge in [0.25, 0.3) is 0 Å². The summed E-state index contributed by atoms with van der Waals surface area (Å²) in [6, 6.07) is 15.1. The third kappa shape index (κ3) is 3.14. The molecule has 1 fully saturated rings. The van der Waals surface area contributed by atoms with E-state index in [-0.39, 0.29) is 0 Å². The number of fused-ring (bicyclic) bond motifs is 1. The van der Waals surface area contributed by atoms with Crippen molar-refractivity contribution in [2.75, 3.05) is 13.2 Å². The van der Waals surface area contributed by atoms with Crippen LogP contribution in [-0.2, 0) is 11.3 Å². The van der Waals surface area contributed by atoms with Gasteiger partial charge in [0.2, 0.25) is 0 Å². The summed E-state index contributed by atoms with van der Waals surface area (Å²) < 4.78 is 7.95. The zero-order valence-electron chi connectivity index (χ0n) is 14.7. The molecule has 1 aliphatic rings. The van der Waals surface area contributed by atoms with Crippen LogP contribution in [0.25, 0.3) is 22.0 Å². The minimum absolute atomic E-state index is 0.422. The Hall–Kier alpha value is -2.21. The fourth-order valence-electron chi connectivity index (χ4n) is 3.76. The molecular formula is C21H23N3OS. The average molecular weight is 366 g/mol. The van der Waals surface area contributed by atoms with Gasteiger partial charge in [-0.3, -0.25) is 0 Å². The number of nitrogens with two attached hydrogens (primary N) is 2. The zero-order valence-corrected chi connectivity index (χ0v) is 15.5. The molecule has 4 rings (SSSR count). The standard InChI is InChI=1S/C21H23N3OS/c22-12-14-4-5-18-19(15-2-1-3-16(11-15)21(23)26)13-24(20(18)10-14)17-6-8-25-9-7-17/h1-5,10-11,13,17H,6-9,12,22H2,(H2,23,26). The van der Waals surface area contributed by atoms with Crippen LogP contribution in [0.1, 0.15) is 30.0 Å². The quantitative estimate of drug-likeness (QED) is 0.691. The largest absolute Gasteiger partial charge is 0.389 e. The van der Waals surface area contributed by atoms with Crippen molar-refractivity contribution in [1.82, 2.24) is 4.57 Å². The van der Waals surface area contributed by atoms with Gasteiger partial charge in [-0.1, -0.05) is 42.5 Å². The van der Waals surface area contributed by atoms with Crippen LogP contribution in [-0.4, -0.2) is 22.8 Å². The van der Waals surface area contributed by atoms with E-state index in [0.717, 1.165) is 42.7 Å². The summed E-state index contributed by atoms with van der Waals surface area (Å²) in [6.45, 7) is 2.17. The van der Waals surface area contributed by atoms with Crippen molar-refractivity contribution >= 4 is 28.1 Å². The van der Waals surface area contributed by atoms with Crippen molar-refractivity contribution in [3.05, 3.63) is 59.8 Å². The lowest BCUT2D eigenvalue weighted by Crippen LogP contribution is -2.18. The minimum Gasteiger partial charge on any atom is -0.389 e. The average Bonchev–Trinajstić information content (AvgIpc) is 3.07. The summed E-state index contributed by atoms with van der Waals surface area (Å²) in [5.74, 6) is 0. The maximum Gasteiger partial charge on any atom is 0.104 e. The van der Waals surface area contributed by atoms with Crippen molar-refractivity contribution in [3.63, 3.8) is 0 Å². The number of nitrogens with zero attached hydrogens (tertiary/aromatic N) is 1. The second-order valence-electron chi connectivity index (χ2n) is 6.79. The lowest BCUT2D eigenvalue weighted by Gasteiger charge is -2.24. The number of ether oxygens (including phenoxy) is 1. The molecule has 0 unspecified atom stereocenters. The molecule has 0 saturated carbocycles. The van der Waals surface area contributed by atoms with Crippen molar-refractivity contribution in [3.8, 4) is 11.1 Å². The van der Waals surface area contributed by atoms with Gasteiger partial charge in [-0.2, -0.15) is 0 Å². The summed E-state index contributed by atoms with van der Waals surface area (Å²) >= 11 is 5.15. The van der Waals surface area contributed by atoms with Gasteiger partial charge in [0.1, 0.15) is 4.99 Å². The van der Waals surface area contributed by atoms with E-state index in [1.54, 1.807) is 0 Å². The minimum atomic E-state index is 0.422. The van der Waals surface area contributed by atoms with Gasteiger partial charge in [-0.05, 0) is 36.1 Å². The van der Waals surface area contributed by atoms with E-state index in [1.165, 1.54) is 16.5 Å². The maximum atomic E-state index is 5.88. The third-order valence-corrected chi connectivity index (χ3v) is 5.41. The molecule has 2 heterocycles. The van der Waals surface area contributed by atoms with E-state index >= 15 is 0 Å². The first kappa shape index (κ1) is 17.2. The third-order valence-electron chi connectivity index (χ3n) is 5.18. The summed E-state index contributed by atoms with van der Waals surface area (Å²) in [5.41, 5.74) is 17.3. The van der Waals surface area contributed by atoms with E-state index in [2.05, 4.69) is 41.1 Å². The molecule has 4 N–H and O–H groups in total. The monoisotopic (exact) mass is 365 g/mol. The Morgan fingerprint density at radius 1 is 1.15 bits per heavy atom. The van der Waals surface area contributed by atoms with E-state index in [9.17, 15) is 0 Å². The number of thiocarbonyl (C=S) groups is 1. The number of benzene rings is 2. The van der Waals surface area contributed by atoms with Crippen molar-refractivity contribution < 1.29 is 4.74 Å². The zero-order chi connectivity index (χ0) is 18.1. The Bertz CT molecular complexity index is 957. The lowest BCUT2D eigenvalue weighted by atomic mass is 10.0. The van der Waals surface area contributed by atoms with Crippen LogP contribution in [0.3, 0.4) is 0 Å². The van der Waals surface area contributed by atoms with Crippen molar-refractivity contribution in [2.24, 2.45) is 11.5 Å². The molecule has 26 heavy (non-hydrogen) atoms. The van der Waals surface area contributed by atoms with Gasteiger partial charge in [-0.15, -0.1) is 0 Å². The van der Waals surface area contributed by atoms with Gasteiger partial charge in [-0.25, -0.2) is 0 Å². The molecule has 0 atom stereocenters. The lowest BCUT2D eigenvalue weighted by molar-refractivity contribution is 0.0707. The molecule has 4 nitrogen and oxygen atoms in total. The molecule has 0 aliphatic carbocycles. The Labute approximate surface area is 158 Å². The van der Waals surface area contributed by atoms with Crippen LogP contribution in [0.5, 0.6) is 0 Å². The first-order valence-corrected chi connectivity index (χ1v) is 9.39. The topological polar surface area (TPSA) is 66.2 Å². The van der Waals surface area contributed by atoms with E-state index in [1.807, 2.05) is 12.1 Å². The fraction of sp³-hybridized carbons (Fsp3) is 0.286. The Morgan fingerprint density at radius 2 is 1.96 bits per heavy atom. The second kappa shape index (κ2) is 7.19. The van der Waals surface area contributed by atoms with Gasteiger partial charge in [0.05, 0.1) is 0 Å². The normalized spacial score (nSPS) is 15.4. The van der Waals surface area contributed by atoms with E-state index < -0.39 is 0 Å². The smallest absolute Gasteiger partial charge is 0.104 e. The Balaban J connectivity index is 1.89. The number of aromatic nitrogens is 1. The molecule has 1 aromatic heterocycles. The predicted molar refractivity (Wildman–Crippen MR) is 110 cm³/mol. The first-order chi connectivity index (χ1) is 12.7. The van der Waals surface area contributed by atoms with Crippen LogP contribution in [0.2, 0.25) is 0 Å². The van der Waals surface area contributed by atoms with E-state index in [4.69, 9.17) is 28.4 Å². The van der Waals surface area contributed by atoms with Crippen LogP contribution < -0.4 is 11.5 Å².